The van der Waals surface area contributed by atoms with Gasteiger partial charge in [-0.05, 0) is 32.1 Å². The van der Waals surface area contributed by atoms with Crippen LogP contribution in [0.5, 0.6) is 0 Å². The predicted octanol–water partition coefficient (Wildman–Crippen LogP) is 2.74. The van der Waals surface area contributed by atoms with E-state index in [1.807, 2.05) is 6.92 Å². The first-order chi connectivity index (χ1) is 11.2. The summed E-state index contributed by atoms with van der Waals surface area (Å²) in [4.78, 5) is 6.76. The lowest BCUT2D eigenvalue weighted by atomic mass is 9.88. The highest BCUT2D eigenvalue weighted by molar-refractivity contribution is 4.98. The quantitative estimate of drug-likeness (QED) is 0.802. The molecule has 1 aromatic heterocycles. The molecule has 0 radical (unpaired) electrons. The number of hydrogen-bond donors (Lipinski definition) is 0. The molecule has 0 unspecified atom stereocenters. The zero-order chi connectivity index (χ0) is 16.2. The average molecular weight is 323 g/mol. The van der Waals surface area contributed by atoms with Gasteiger partial charge in [-0.3, -0.25) is 4.90 Å². The number of ether oxygens (including phenoxy) is 2. The fourth-order valence-electron chi connectivity index (χ4n) is 3.84. The Labute approximate surface area is 138 Å². The molecule has 4 atom stereocenters. The highest BCUT2D eigenvalue weighted by atomic mass is 16.5. The molecule has 0 N–H and O–H groups in total. The van der Waals surface area contributed by atoms with Crippen LogP contribution in [0.4, 0.5) is 0 Å². The lowest BCUT2D eigenvalue weighted by Gasteiger charge is -2.30. The maximum atomic E-state index is 6.17. The first-order valence-corrected chi connectivity index (χ1v) is 8.86. The van der Waals surface area contributed by atoms with Crippen molar-refractivity contribution in [3.63, 3.8) is 0 Å². The van der Waals surface area contributed by atoms with Gasteiger partial charge in [-0.2, -0.15) is 4.98 Å². The minimum absolute atomic E-state index is 0.147. The summed E-state index contributed by atoms with van der Waals surface area (Å²) in [5.74, 6) is 2.07. The molecular formula is C17H29N3O3. The Morgan fingerprint density at radius 2 is 2.13 bits per heavy atom. The lowest BCUT2D eigenvalue weighted by molar-refractivity contribution is -0.0168. The van der Waals surface area contributed by atoms with Crippen LogP contribution in [0.1, 0.15) is 56.8 Å². The molecule has 1 saturated carbocycles. The van der Waals surface area contributed by atoms with E-state index in [1.165, 1.54) is 25.7 Å². The van der Waals surface area contributed by atoms with E-state index in [2.05, 4.69) is 22.0 Å². The molecule has 0 aromatic carbocycles. The lowest BCUT2D eigenvalue weighted by Crippen LogP contribution is -2.32. The Hall–Kier alpha value is -0.980. The van der Waals surface area contributed by atoms with Gasteiger partial charge in [0.05, 0.1) is 24.9 Å². The molecule has 3 rings (SSSR count). The Bertz CT molecular complexity index is 493. The number of methoxy groups -OCH3 is 1. The Kier molecular flexibility index (Phi) is 5.67. The molecule has 1 aliphatic carbocycles. The van der Waals surface area contributed by atoms with E-state index in [9.17, 15) is 0 Å². The highest BCUT2D eigenvalue weighted by Gasteiger charge is 2.36. The van der Waals surface area contributed by atoms with Crippen LogP contribution in [-0.2, 0) is 9.47 Å². The van der Waals surface area contributed by atoms with Gasteiger partial charge in [0.25, 0.3) is 0 Å². The first-order valence-electron chi connectivity index (χ1n) is 8.86. The SMILES string of the molecule is CO[C@@H]1C[C@H](c2nc(C)no2)N(CCO[C@H]2CCCC[C@H]2C)C1. The van der Waals surface area contributed by atoms with Gasteiger partial charge in [-0.25, -0.2) is 0 Å². The molecule has 1 aliphatic heterocycles. The molecular weight excluding hydrogens is 294 g/mol. The van der Waals surface area contributed by atoms with Gasteiger partial charge in [0.2, 0.25) is 5.89 Å². The van der Waals surface area contributed by atoms with Crippen LogP contribution in [0, 0.1) is 12.8 Å². The van der Waals surface area contributed by atoms with Crippen LogP contribution in [0.3, 0.4) is 0 Å². The molecule has 0 amide bonds. The van der Waals surface area contributed by atoms with Crippen molar-refractivity contribution in [1.29, 1.82) is 0 Å². The number of hydrogen-bond acceptors (Lipinski definition) is 6. The third kappa shape index (κ3) is 4.11. The van der Waals surface area contributed by atoms with Crippen molar-refractivity contribution in [3.8, 4) is 0 Å². The van der Waals surface area contributed by atoms with E-state index in [0.29, 0.717) is 23.7 Å². The largest absolute Gasteiger partial charge is 0.380 e. The normalized spacial score (nSPS) is 32.5. The second kappa shape index (κ2) is 7.73. The third-order valence-corrected chi connectivity index (χ3v) is 5.27. The zero-order valence-corrected chi connectivity index (χ0v) is 14.5. The van der Waals surface area contributed by atoms with Gasteiger partial charge in [0.1, 0.15) is 0 Å². The predicted molar refractivity (Wildman–Crippen MR) is 86.1 cm³/mol. The van der Waals surface area contributed by atoms with E-state index in [1.54, 1.807) is 7.11 Å². The van der Waals surface area contributed by atoms with E-state index >= 15 is 0 Å². The standard InChI is InChI=1S/C17H29N3O3/c1-12-6-4-5-7-16(12)22-9-8-20-11-14(21-3)10-15(20)17-18-13(2)19-23-17/h12,14-16H,4-11H2,1-3H3/t12-,14-,15-,16+/m1/s1. The summed E-state index contributed by atoms with van der Waals surface area (Å²) in [5.41, 5.74) is 0. The van der Waals surface area contributed by atoms with Crippen LogP contribution in [-0.4, -0.2) is 54.1 Å². The second-order valence-corrected chi connectivity index (χ2v) is 6.95. The van der Waals surface area contributed by atoms with Crippen molar-refractivity contribution < 1.29 is 14.0 Å². The molecule has 1 aromatic rings. The molecule has 0 bridgehead atoms. The summed E-state index contributed by atoms with van der Waals surface area (Å²) in [6.07, 6.45) is 6.70. The topological polar surface area (TPSA) is 60.6 Å². The number of aromatic nitrogens is 2. The molecule has 2 aliphatic rings. The maximum absolute atomic E-state index is 6.17. The molecule has 0 spiro atoms. The van der Waals surface area contributed by atoms with Gasteiger partial charge in [-0.1, -0.05) is 24.9 Å². The summed E-state index contributed by atoms with van der Waals surface area (Å²) < 4.78 is 17.1. The average Bonchev–Trinajstić information content (AvgIpc) is 3.15. The smallest absolute Gasteiger partial charge is 0.244 e. The molecule has 1 saturated heterocycles. The third-order valence-electron chi connectivity index (χ3n) is 5.27. The molecule has 6 nitrogen and oxygen atoms in total. The summed E-state index contributed by atoms with van der Waals surface area (Å²) in [6.45, 7) is 6.70. The molecule has 2 heterocycles. The van der Waals surface area contributed by atoms with Crippen molar-refractivity contribution in [2.24, 2.45) is 5.92 Å². The molecule has 6 heteroatoms. The van der Waals surface area contributed by atoms with Gasteiger partial charge in [0.15, 0.2) is 5.82 Å². The Morgan fingerprint density at radius 3 is 2.83 bits per heavy atom. The van der Waals surface area contributed by atoms with Crippen LogP contribution in [0.2, 0.25) is 0 Å². The molecule has 23 heavy (non-hydrogen) atoms. The first kappa shape index (κ1) is 16.9. The molecule has 2 fully saturated rings. The van der Waals surface area contributed by atoms with Crippen LogP contribution in [0.25, 0.3) is 0 Å². The summed E-state index contributed by atoms with van der Waals surface area (Å²) in [5, 5.41) is 3.93. The van der Waals surface area contributed by atoms with E-state index < -0.39 is 0 Å². The van der Waals surface area contributed by atoms with Crippen molar-refractivity contribution in [1.82, 2.24) is 15.0 Å². The van der Waals surface area contributed by atoms with Crippen molar-refractivity contribution in [2.75, 3.05) is 26.8 Å². The Balaban J connectivity index is 1.54. The van der Waals surface area contributed by atoms with Crippen molar-refractivity contribution in [3.05, 3.63) is 11.7 Å². The molecule has 130 valence electrons. The highest BCUT2D eigenvalue weighted by Crippen LogP contribution is 2.32. The van der Waals surface area contributed by atoms with E-state index in [-0.39, 0.29) is 12.1 Å². The second-order valence-electron chi connectivity index (χ2n) is 6.95. The van der Waals surface area contributed by atoms with E-state index in [4.69, 9.17) is 14.0 Å². The van der Waals surface area contributed by atoms with Gasteiger partial charge >= 0.3 is 0 Å². The van der Waals surface area contributed by atoms with Crippen molar-refractivity contribution >= 4 is 0 Å². The number of aryl methyl sites for hydroxylation is 1. The van der Waals surface area contributed by atoms with Crippen LogP contribution < -0.4 is 0 Å². The maximum Gasteiger partial charge on any atom is 0.244 e. The van der Waals surface area contributed by atoms with E-state index in [0.717, 1.165) is 26.1 Å². The van der Waals surface area contributed by atoms with Crippen LogP contribution >= 0.6 is 0 Å². The number of nitrogens with zero attached hydrogens (tertiary/aromatic N) is 3. The fraction of sp³-hybridized carbons (Fsp3) is 0.882. The van der Waals surface area contributed by atoms with Gasteiger partial charge < -0.3 is 14.0 Å². The minimum atomic E-state index is 0.147. The minimum Gasteiger partial charge on any atom is -0.380 e. The Morgan fingerprint density at radius 1 is 1.30 bits per heavy atom. The number of likely N-dealkylation sites (tertiary alicyclic amines) is 1. The summed E-state index contributed by atoms with van der Waals surface area (Å²) in [6, 6.07) is 0.147. The fourth-order valence-corrected chi connectivity index (χ4v) is 3.84. The van der Waals surface area contributed by atoms with Crippen LogP contribution in [0.15, 0.2) is 4.52 Å². The monoisotopic (exact) mass is 323 g/mol. The summed E-state index contributed by atoms with van der Waals surface area (Å²) >= 11 is 0. The van der Waals surface area contributed by atoms with Crippen molar-refractivity contribution in [2.45, 2.75) is 64.2 Å². The summed E-state index contributed by atoms with van der Waals surface area (Å²) in [7, 11) is 1.77. The van der Waals surface area contributed by atoms with Gasteiger partial charge in [0, 0.05) is 20.2 Å². The zero-order valence-electron chi connectivity index (χ0n) is 14.5. The number of rotatable bonds is 6. The van der Waals surface area contributed by atoms with Gasteiger partial charge in [-0.15, -0.1) is 0 Å².